The van der Waals surface area contributed by atoms with E-state index in [1.54, 1.807) is 0 Å². The fraction of sp³-hybridized carbons (Fsp3) is 1.00. The van der Waals surface area contributed by atoms with Gasteiger partial charge < -0.3 is 14.8 Å². The van der Waals surface area contributed by atoms with Crippen molar-refractivity contribution in [1.82, 2.24) is 5.32 Å². The lowest BCUT2D eigenvalue weighted by Gasteiger charge is -2.29. The van der Waals surface area contributed by atoms with E-state index in [9.17, 15) is 0 Å². The minimum Gasteiger partial charge on any atom is -0.379 e. The summed E-state index contributed by atoms with van der Waals surface area (Å²) in [5.41, 5.74) is -0.119. The minimum atomic E-state index is -0.119. The van der Waals surface area contributed by atoms with Gasteiger partial charge in [-0.15, -0.1) is 0 Å². The normalized spacial score (nSPS) is 14.4. The molecule has 0 spiro atoms. The molecule has 0 saturated heterocycles. The zero-order valence-electron chi connectivity index (χ0n) is 10.2. The lowest BCUT2D eigenvalue weighted by Crippen LogP contribution is -2.40. The standard InChI is InChI=1S/C11H25NO2/c1-6-12-9-11(4,5)14-10(3)8-13-7-2/h10,12H,6-9H2,1-5H3. The third kappa shape index (κ3) is 7.30. The molecule has 0 fully saturated rings. The summed E-state index contributed by atoms with van der Waals surface area (Å²) >= 11 is 0. The van der Waals surface area contributed by atoms with Crippen LogP contribution in [0.2, 0.25) is 0 Å². The summed E-state index contributed by atoms with van der Waals surface area (Å²) in [5, 5.41) is 3.28. The van der Waals surface area contributed by atoms with Gasteiger partial charge in [0, 0.05) is 13.2 Å². The number of rotatable bonds is 8. The van der Waals surface area contributed by atoms with Crippen LogP contribution < -0.4 is 5.32 Å². The topological polar surface area (TPSA) is 30.5 Å². The molecule has 0 saturated carbocycles. The van der Waals surface area contributed by atoms with Crippen LogP contribution in [-0.2, 0) is 9.47 Å². The van der Waals surface area contributed by atoms with Crippen molar-refractivity contribution in [2.45, 2.75) is 46.3 Å². The molecule has 0 amide bonds. The quantitative estimate of drug-likeness (QED) is 0.652. The summed E-state index contributed by atoms with van der Waals surface area (Å²) in [7, 11) is 0. The number of hydrogen-bond acceptors (Lipinski definition) is 3. The highest BCUT2D eigenvalue weighted by Crippen LogP contribution is 2.11. The first-order valence-corrected chi connectivity index (χ1v) is 5.48. The average molecular weight is 203 g/mol. The number of ether oxygens (including phenoxy) is 2. The maximum absolute atomic E-state index is 5.85. The SMILES string of the molecule is CCNCC(C)(C)OC(C)COCC. The Hall–Kier alpha value is -0.120. The van der Waals surface area contributed by atoms with Gasteiger partial charge in [-0.25, -0.2) is 0 Å². The van der Waals surface area contributed by atoms with Gasteiger partial charge in [0.1, 0.15) is 0 Å². The Labute approximate surface area is 88.2 Å². The highest BCUT2D eigenvalue weighted by Gasteiger charge is 2.20. The van der Waals surface area contributed by atoms with Gasteiger partial charge in [-0.3, -0.25) is 0 Å². The highest BCUT2D eigenvalue weighted by molar-refractivity contribution is 4.73. The molecule has 1 N–H and O–H groups in total. The smallest absolute Gasteiger partial charge is 0.0788 e. The molecule has 0 rings (SSSR count). The molecule has 0 aliphatic heterocycles. The van der Waals surface area contributed by atoms with Crippen LogP contribution in [0.3, 0.4) is 0 Å². The zero-order chi connectivity index (χ0) is 11.0. The van der Waals surface area contributed by atoms with Gasteiger partial charge in [-0.2, -0.15) is 0 Å². The summed E-state index contributed by atoms with van der Waals surface area (Å²) in [6, 6.07) is 0. The molecule has 0 aromatic heterocycles. The maximum Gasteiger partial charge on any atom is 0.0788 e. The zero-order valence-corrected chi connectivity index (χ0v) is 10.2. The molecule has 86 valence electrons. The van der Waals surface area contributed by atoms with Crippen LogP contribution in [-0.4, -0.2) is 38.0 Å². The van der Waals surface area contributed by atoms with Gasteiger partial charge >= 0.3 is 0 Å². The molecule has 0 bridgehead atoms. The monoisotopic (exact) mass is 203 g/mol. The third-order valence-electron chi connectivity index (χ3n) is 1.88. The van der Waals surface area contributed by atoms with Crippen LogP contribution in [0, 0.1) is 0 Å². The van der Waals surface area contributed by atoms with E-state index in [0.717, 1.165) is 19.7 Å². The molecule has 0 aliphatic rings. The van der Waals surface area contributed by atoms with Crippen molar-refractivity contribution in [2.75, 3.05) is 26.3 Å². The van der Waals surface area contributed by atoms with Crippen LogP contribution in [0.15, 0.2) is 0 Å². The summed E-state index contributed by atoms with van der Waals surface area (Å²) in [5.74, 6) is 0. The van der Waals surface area contributed by atoms with Crippen molar-refractivity contribution < 1.29 is 9.47 Å². The largest absolute Gasteiger partial charge is 0.379 e. The third-order valence-corrected chi connectivity index (χ3v) is 1.88. The van der Waals surface area contributed by atoms with E-state index in [4.69, 9.17) is 9.47 Å². The molecular weight excluding hydrogens is 178 g/mol. The van der Waals surface area contributed by atoms with Crippen LogP contribution in [0.5, 0.6) is 0 Å². The van der Waals surface area contributed by atoms with Gasteiger partial charge in [-0.1, -0.05) is 6.92 Å². The summed E-state index contributed by atoms with van der Waals surface area (Å²) < 4.78 is 11.2. The number of hydrogen-bond donors (Lipinski definition) is 1. The van der Waals surface area contributed by atoms with Gasteiger partial charge in [0.05, 0.1) is 18.3 Å². The molecule has 1 unspecified atom stereocenters. The molecule has 3 heteroatoms. The minimum absolute atomic E-state index is 0.119. The van der Waals surface area contributed by atoms with Crippen molar-refractivity contribution in [3.05, 3.63) is 0 Å². The van der Waals surface area contributed by atoms with E-state index in [0.29, 0.717) is 6.61 Å². The predicted molar refractivity (Wildman–Crippen MR) is 59.7 cm³/mol. The molecule has 14 heavy (non-hydrogen) atoms. The van der Waals surface area contributed by atoms with Crippen molar-refractivity contribution in [3.8, 4) is 0 Å². The first-order chi connectivity index (χ1) is 6.52. The Morgan fingerprint density at radius 3 is 2.43 bits per heavy atom. The lowest BCUT2D eigenvalue weighted by atomic mass is 10.1. The second-order valence-corrected chi connectivity index (χ2v) is 4.13. The van der Waals surface area contributed by atoms with E-state index < -0.39 is 0 Å². The first-order valence-electron chi connectivity index (χ1n) is 5.48. The molecule has 1 atom stereocenters. The fourth-order valence-corrected chi connectivity index (χ4v) is 1.33. The van der Waals surface area contributed by atoms with Crippen molar-refractivity contribution >= 4 is 0 Å². The van der Waals surface area contributed by atoms with Crippen molar-refractivity contribution in [1.29, 1.82) is 0 Å². The molecule has 3 nitrogen and oxygen atoms in total. The van der Waals surface area contributed by atoms with E-state index in [-0.39, 0.29) is 11.7 Å². The second kappa shape index (κ2) is 7.21. The molecule has 0 aliphatic carbocycles. The van der Waals surface area contributed by atoms with Crippen LogP contribution in [0.25, 0.3) is 0 Å². The Morgan fingerprint density at radius 2 is 1.93 bits per heavy atom. The van der Waals surface area contributed by atoms with Crippen molar-refractivity contribution in [2.24, 2.45) is 0 Å². The van der Waals surface area contributed by atoms with E-state index in [1.807, 2.05) is 13.8 Å². The van der Waals surface area contributed by atoms with E-state index in [2.05, 4.69) is 26.1 Å². The molecule has 0 aromatic carbocycles. The molecular formula is C11H25NO2. The molecule has 0 heterocycles. The molecule has 0 radical (unpaired) electrons. The van der Waals surface area contributed by atoms with E-state index in [1.165, 1.54) is 0 Å². The maximum atomic E-state index is 5.85. The summed E-state index contributed by atoms with van der Waals surface area (Å²) in [4.78, 5) is 0. The fourth-order valence-electron chi connectivity index (χ4n) is 1.33. The Balaban J connectivity index is 3.70. The average Bonchev–Trinajstić information content (AvgIpc) is 2.11. The van der Waals surface area contributed by atoms with Gasteiger partial charge in [0.15, 0.2) is 0 Å². The van der Waals surface area contributed by atoms with Crippen LogP contribution in [0.4, 0.5) is 0 Å². The van der Waals surface area contributed by atoms with Gasteiger partial charge in [0.25, 0.3) is 0 Å². The predicted octanol–water partition coefficient (Wildman–Crippen LogP) is 1.82. The Morgan fingerprint density at radius 1 is 1.29 bits per heavy atom. The summed E-state index contributed by atoms with van der Waals surface area (Å²) in [6.45, 7) is 13.6. The second-order valence-electron chi connectivity index (χ2n) is 4.13. The summed E-state index contributed by atoms with van der Waals surface area (Å²) in [6.07, 6.45) is 0.156. The van der Waals surface area contributed by atoms with Crippen molar-refractivity contribution in [3.63, 3.8) is 0 Å². The van der Waals surface area contributed by atoms with Crippen LogP contribution in [0.1, 0.15) is 34.6 Å². The van der Waals surface area contributed by atoms with Gasteiger partial charge in [0.2, 0.25) is 0 Å². The van der Waals surface area contributed by atoms with Crippen LogP contribution >= 0.6 is 0 Å². The highest BCUT2D eigenvalue weighted by atomic mass is 16.5. The number of nitrogens with one attached hydrogen (secondary N) is 1. The molecule has 0 aromatic rings. The Bertz CT molecular complexity index is 137. The van der Waals surface area contributed by atoms with E-state index >= 15 is 0 Å². The first kappa shape index (κ1) is 13.9. The number of likely N-dealkylation sites (N-methyl/N-ethyl adjacent to an activating group) is 1. The Kier molecular flexibility index (Phi) is 7.15. The van der Waals surface area contributed by atoms with Gasteiger partial charge in [-0.05, 0) is 34.2 Å². The lowest BCUT2D eigenvalue weighted by molar-refractivity contribution is -0.0904.